The Morgan fingerprint density at radius 1 is 1.53 bits per heavy atom. The van der Waals surface area contributed by atoms with E-state index >= 15 is 0 Å². The molecule has 0 bridgehead atoms. The first kappa shape index (κ1) is 12.3. The summed E-state index contributed by atoms with van der Waals surface area (Å²) in [7, 11) is 1.99. The molecule has 1 N–H and O–H groups in total. The summed E-state index contributed by atoms with van der Waals surface area (Å²) in [5, 5.41) is 9.14. The van der Waals surface area contributed by atoms with Gasteiger partial charge in [0.15, 0.2) is 6.04 Å². The molecule has 1 amide bonds. The highest BCUT2D eigenvalue weighted by Crippen LogP contribution is 2.20. The first-order valence-electron chi connectivity index (χ1n) is 5.90. The third-order valence-corrected chi connectivity index (χ3v) is 3.40. The topological polar surface area (TPSA) is 70.1 Å². The summed E-state index contributed by atoms with van der Waals surface area (Å²) in [5.41, 5.74) is 0. The van der Waals surface area contributed by atoms with E-state index in [-0.39, 0.29) is 25.2 Å². The van der Waals surface area contributed by atoms with Crippen LogP contribution in [-0.2, 0) is 14.3 Å². The fourth-order valence-corrected chi connectivity index (χ4v) is 2.60. The minimum atomic E-state index is -0.980. The molecule has 2 atom stereocenters. The van der Waals surface area contributed by atoms with Crippen LogP contribution in [0.25, 0.3) is 0 Å². The molecule has 0 aromatic rings. The zero-order valence-corrected chi connectivity index (χ0v) is 9.96. The molecular formula is C11H18N2O4. The van der Waals surface area contributed by atoms with E-state index < -0.39 is 12.0 Å². The third kappa shape index (κ3) is 2.58. The van der Waals surface area contributed by atoms with Crippen molar-refractivity contribution in [2.45, 2.75) is 24.9 Å². The Labute approximate surface area is 100 Å². The van der Waals surface area contributed by atoms with E-state index in [1.54, 1.807) is 0 Å². The summed E-state index contributed by atoms with van der Waals surface area (Å²) >= 11 is 0. The number of hydrogen-bond donors (Lipinski definition) is 1. The quantitative estimate of drug-likeness (QED) is 0.699. The molecule has 2 heterocycles. The lowest BCUT2D eigenvalue weighted by Crippen LogP contribution is -2.60. The summed E-state index contributed by atoms with van der Waals surface area (Å²) in [6, 6.07) is -0.820. The van der Waals surface area contributed by atoms with Crippen LogP contribution in [0.4, 0.5) is 0 Å². The van der Waals surface area contributed by atoms with Gasteiger partial charge in [0, 0.05) is 12.6 Å². The Morgan fingerprint density at radius 2 is 2.29 bits per heavy atom. The van der Waals surface area contributed by atoms with Gasteiger partial charge in [0.1, 0.15) is 6.61 Å². The van der Waals surface area contributed by atoms with E-state index in [0.29, 0.717) is 0 Å². The molecule has 2 aliphatic heterocycles. The average molecular weight is 242 g/mol. The summed E-state index contributed by atoms with van der Waals surface area (Å²) in [5.74, 6) is -1.18. The van der Waals surface area contributed by atoms with Crippen molar-refractivity contribution in [2.24, 2.45) is 0 Å². The number of carbonyl (C=O) groups excluding carboxylic acids is 1. The molecule has 2 fully saturated rings. The number of aliphatic carboxylic acids is 1. The lowest BCUT2D eigenvalue weighted by atomic mass is 10.0. The van der Waals surface area contributed by atoms with E-state index in [9.17, 15) is 9.59 Å². The normalized spacial score (nSPS) is 31.6. The number of morpholine rings is 1. The van der Waals surface area contributed by atoms with Crippen LogP contribution in [0.2, 0.25) is 0 Å². The van der Waals surface area contributed by atoms with Crippen LogP contribution in [0.5, 0.6) is 0 Å². The maximum absolute atomic E-state index is 11.8. The molecule has 0 aromatic heterocycles. The average Bonchev–Trinajstić information content (AvgIpc) is 2.28. The van der Waals surface area contributed by atoms with Gasteiger partial charge in [0.2, 0.25) is 5.91 Å². The van der Waals surface area contributed by atoms with Crippen molar-refractivity contribution in [1.82, 2.24) is 9.80 Å². The van der Waals surface area contributed by atoms with Gasteiger partial charge in [0.05, 0.1) is 6.61 Å². The molecule has 0 aromatic carbocycles. The summed E-state index contributed by atoms with van der Waals surface area (Å²) in [6.45, 7) is 1.85. The fraction of sp³-hybridized carbons (Fsp3) is 0.818. The van der Waals surface area contributed by atoms with Gasteiger partial charge in [-0.2, -0.15) is 0 Å². The number of rotatable bonds is 2. The Kier molecular flexibility index (Phi) is 3.63. The second kappa shape index (κ2) is 5.01. The van der Waals surface area contributed by atoms with E-state index in [1.165, 1.54) is 4.90 Å². The zero-order valence-electron chi connectivity index (χ0n) is 9.96. The van der Waals surface area contributed by atoms with Crippen LogP contribution >= 0.6 is 0 Å². The third-order valence-electron chi connectivity index (χ3n) is 3.40. The van der Waals surface area contributed by atoms with Crippen LogP contribution < -0.4 is 0 Å². The van der Waals surface area contributed by atoms with E-state index in [0.717, 1.165) is 25.9 Å². The molecule has 0 spiro atoms. The maximum Gasteiger partial charge on any atom is 0.328 e. The van der Waals surface area contributed by atoms with Gasteiger partial charge in [-0.3, -0.25) is 4.79 Å². The van der Waals surface area contributed by atoms with Gasteiger partial charge in [0.25, 0.3) is 0 Å². The molecule has 0 aliphatic carbocycles. The molecule has 96 valence electrons. The monoisotopic (exact) mass is 242 g/mol. The lowest BCUT2D eigenvalue weighted by molar-refractivity contribution is -0.167. The molecular weight excluding hydrogens is 224 g/mol. The van der Waals surface area contributed by atoms with E-state index in [1.807, 2.05) is 7.05 Å². The van der Waals surface area contributed by atoms with Gasteiger partial charge in [-0.1, -0.05) is 0 Å². The number of likely N-dealkylation sites (tertiary alicyclic amines) is 1. The Hall–Kier alpha value is -1.14. The highest BCUT2D eigenvalue weighted by atomic mass is 16.5. The highest BCUT2D eigenvalue weighted by Gasteiger charge is 2.39. The number of carboxylic acids is 1. The number of nitrogens with zero attached hydrogens (tertiary/aromatic N) is 2. The van der Waals surface area contributed by atoms with Gasteiger partial charge in [-0.05, 0) is 26.4 Å². The van der Waals surface area contributed by atoms with Crippen molar-refractivity contribution >= 4 is 11.9 Å². The van der Waals surface area contributed by atoms with Gasteiger partial charge >= 0.3 is 5.97 Å². The van der Waals surface area contributed by atoms with Crippen molar-refractivity contribution in [3.05, 3.63) is 0 Å². The van der Waals surface area contributed by atoms with E-state index in [2.05, 4.69) is 4.90 Å². The lowest BCUT2D eigenvalue weighted by Gasteiger charge is -2.42. The van der Waals surface area contributed by atoms with E-state index in [4.69, 9.17) is 9.84 Å². The van der Waals surface area contributed by atoms with Crippen molar-refractivity contribution in [2.75, 3.05) is 33.4 Å². The van der Waals surface area contributed by atoms with Gasteiger partial charge in [-0.25, -0.2) is 4.79 Å². The number of carbonyl (C=O) groups is 2. The SMILES string of the molecule is CN1CCCC(N2C(=O)COCC2C(=O)O)C1. The molecule has 2 aliphatic rings. The number of hydrogen-bond acceptors (Lipinski definition) is 4. The van der Waals surface area contributed by atoms with Crippen LogP contribution in [0, 0.1) is 0 Å². The molecule has 6 nitrogen and oxygen atoms in total. The van der Waals surface area contributed by atoms with Crippen molar-refractivity contribution < 1.29 is 19.4 Å². The number of amides is 1. The molecule has 2 saturated heterocycles. The second-order valence-electron chi connectivity index (χ2n) is 4.73. The zero-order chi connectivity index (χ0) is 12.4. The largest absolute Gasteiger partial charge is 0.480 e. The fourth-order valence-electron chi connectivity index (χ4n) is 2.60. The summed E-state index contributed by atoms with van der Waals surface area (Å²) in [6.07, 6.45) is 1.87. The predicted octanol–water partition coefficient (Wildman–Crippen LogP) is -0.607. The Morgan fingerprint density at radius 3 is 2.94 bits per heavy atom. The minimum absolute atomic E-state index is 0.00396. The summed E-state index contributed by atoms with van der Waals surface area (Å²) in [4.78, 5) is 26.6. The van der Waals surface area contributed by atoms with Gasteiger partial charge < -0.3 is 19.6 Å². The minimum Gasteiger partial charge on any atom is -0.480 e. The van der Waals surface area contributed by atoms with Crippen LogP contribution in [0.15, 0.2) is 0 Å². The highest BCUT2D eigenvalue weighted by molar-refractivity contribution is 5.85. The molecule has 6 heteroatoms. The molecule has 2 unspecified atom stereocenters. The number of likely N-dealkylation sites (N-methyl/N-ethyl adjacent to an activating group) is 1. The second-order valence-corrected chi connectivity index (χ2v) is 4.73. The Balaban J connectivity index is 2.13. The smallest absolute Gasteiger partial charge is 0.328 e. The molecule has 2 rings (SSSR count). The standard InChI is InChI=1S/C11H18N2O4/c1-12-4-2-3-8(5-12)13-9(11(15)16)6-17-7-10(13)14/h8-9H,2-7H2,1H3,(H,15,16). The van der Waals surface area contributed by atoms with Gasteiger partial charge in [-0.15, -0.1) is 0 Å². The van der Waals surface area contributed by atoms with Crippen molar-refractivity contribution in [3.63, 3.8) is 0 Å². The van der Waals surface area contributed by atoms with Crippen molar-refractivity contribution in [1.29, 1.82) is 0 Å². The predicted molar refractivity (Wildman–Crippen MR) is 59.6 cm³/mol. The number of ether oxygens (including phenoxy) is 1. The molecule has 0 saturated carbocycles. The summed E-state index contributed by atoms with van der Waals surface area (Å²) < 4.78 is 5.02. The first-order chi connectivity index (χ1) is 8.09. The van der Waals surface area contributed by atoms with Crippen LogP contribution in [0.1, 0.15) is 12.8 Å². The molecule has 0 radical (unpaired) electrons. The van der Waals surface area contributed by atoms with Crippen LogP contribution in [0.3, 0.4) is 0 Å². The number of carboxylic acid groups (broad SMARTS) is 1. The first-order valence-corrected chi connectivity index (χ1v) is 5.90. The Bertz CT molecular complexity index is 321. The van der Waals surface area contributed by atoms with Crippen LogP contribution in [-0.4, -0.2) is 72.2 Å². The van der Waals surface area contributed by atoms with Crippen molar-refractivity contribution in [3.8, 4) is 0 Å². The molecule has 17 heavy (non-hydrogen) atoms. The number of piperidine rings is 1. The maximum atomic E-state index is 11.8.